The maximum Gasteiger partial charge on any atom is 0.224 e. The number of rotatable bonds is 4. The molecule has 2 saturated carbocycles. The Kier molecular flexibility index (Phi) is 5.69. The molecule has 4 unspecified atom stereocenters. The molecule has 5 heteroatoms. The standard InChI is InChI=1S/C16H21BrN2O.ClH/c17-13-5-1-10(2-6-13)7-8-19-16(20)14-11-3-4-12(9-11)15(14)18;/h1-2,5-6,11-12,14-15H,3-4,7-9,18H2,(H,19,20);1H. The fraction of sp³-hybridized carbons (Fsp3) is 0.562. The van der Waals surface area contributed by atoms with Crippen molar-refractivity contribution in [3.05, 3.63) is 34.3 Å². The van der Waals surface area contributed by atoms with Crippen LogP contribution in [-0.2, 0) is 11.2 Å². The summed E-state index contributed by atoms with van der Waals surface area (Å²) in [4.78, 5) is 12.3. The van der Waals surface area contributed by atoms with Crippen LogP contribution in [0.15, 0.2) is 28.7 Å². The van der Waals surface area contributed by atoms with E-state index in [1.54, 1.807) is 0 Å². The van der Waals surface area contributed by atoms with Gasteiger partial charge in [-0.25, -0.2) is 0 Å². The van der Waals surface area contributed by atoms with E-state index in [4.69, 9.17) is 5.73 Å². The first-order valence-corrected chi connectivity index (χ1v) is 8.22. The molecule has 3 nitrogen and oxygen atoms in total. The van der Waals surface area contributed by atoms with Gasteiger partial charge in [0.1, 0.15) is 0 Å². The second kappa shape index (κ2) is 7.12. The summed E-state index contributed by atoms with van der Waals surface area (Å²) in [5, 5.41) is 3.07. The zero-order valence-corrected chi connectivity index (χ0v) is 14.3. The number of nitrogens with one attached hydrogen (secondary N) is 1. The van der Waals surface area contributed by atoms with Gasteiger partial charge in [-0.05, 0) is 55.2 Å². The van der Waals surface area contributed by atoms with Gasteiger partial charge in [0.15, 0.2) is 0 Å². The first-order chi connectivity index (χ1) is 9.65. The number of carbonyl (C=O) groups excluding carboxylic acids is 1. The Morgan fingerprint density at radius 2 is 1.90 bits per heavy atom. The Hall–Kier alpha value is -0.580. The van der Waals surface area contributed by atoms with Crippen molar-refractivity contribution in [2.45, 2.75) is 31.7 Å². The minimum Gasteiger partial charge on any atom is -0.355 e. The molecule has 4 atom stereocenters. The minimum absolute atomic E-state index is 0. The van der Waals surface area contributed by atoms with E-state index >= 15 is 0 Å². The fourth-order valence-corrected chi connectivity index (χ4v) is 4.09. The van der Waals surface area contributed by atoms with Crippen LogP contribution in [0, 0.1) is 17.8 Å². The lowest BCUT2D eigenvalue weighted by Crippen LogP contribution is -2.45. The minimum atomic E-state index is 0. The van der Waals surface area contributed by atoms with Gasteiger partial charge in [-0.15, -0.1) is 12.4 Å². The summed E-state index contributed by atoms with van der Waals surface area (Å²) >= 11 is 3.42. The molecule has 0 aromatic heterocycles. The van der Waals surface area contributed by atoms with Crippen LogP contribution in [-0.4, -0.2) is 18.5 Å². The zero-order valence-electron chi connectivity index (χ0n) is 11.9. The third-order valence-corrected chi connectivity index (χ3v) is 5.44. The van der Waals surface area contributed by atoms with Crippen molar-refractivity contribution in [2.75, 3.05) is 6.54 Å². The van der Waals surface area contributed by atoms with Crippen molar-refractivity contribution in [1.82, 2.24) is 5.32 Å². The molecule has 3 rings (SSSR count). The van der Waals surface area contributed by atoms with E-state index in [0.717, 1.165) is 17.3 Å². The van der Waals surface area contributed by atoms with Gasteiger partial charge in [0.2, 0.25) is 5.91 Å². The molecule has 116 valence electrons. The van der Waals surface area contributed by atoms with Crippen LogP contribution in [0.3, 0.4) is 0 Å². The van der Waals surface area contributed by atoms with Crippen molar-refractivity contribution >= 4 is 34.2 Å². The number of nitrogens with two attached hydrogens (primary N) is 1. The van der Waals surface area contributed by atoms with E-state index in [9.17, 15) is 4.79 Å². The lowest BCUT2D eigenvalue weighted by molar-refractivity contribution is -0.127. The summed E-state index contributed by atoms with van der Waals surface area (Å²) in [5.74, 6) is 1.34. The topological polar surface area (TPSA) is 55.1 Å². The Morgan fingerprint density at radius 1 is 1.24 bits per heavy atom. The molecule has 1 amide bonds. The summed E-state index contributed by atoms with van der Waals surface area (Å²) < 4.78 is 1.08. The lowest BCUT2D eigenvalue weighted by Gasteiger charge is -2.27. The van der Waals surface area contributed by atoms with Crippen LogP contribution >= 0.6 is 28.3 Å². The zero-order chi connectivity index (χ0) is 14.1. The molecular formula is C16H22BrClN2O. The van der Waals surface area contributed by atoms with Crippen molar-refractivity contribution in [2.24, 2.45) is 23.5 Å². The maximum atomic E-state index is 12.3. The van der Waals surface area contributed by atoms with E-state index in [-0.39, 0.29) is 30.3 Å². The predicted molar refractivity (Wildman–Crippen MR) is 90.4 cm³/mol. The summed E-state index contributed by atoms with van der Waals surface area (Å²) in [6, 6.07) is 8.31. The van der Waals surface area contributed by atoms with Gasteiger partial charge in [-0.2, -0.15) is 0 Å². The molecule has 2 aliphatic carbocycles. The van der Waals surface area contributed by atoms with E-state index in [2.05, 4.69) is 33.4 Å². The summed E-state index contributed by atoms with van der Waals surface area (Å²) in [6.07, 6.45) is 4.43. The van der Waals surface area contributed by atoms with Gasteiger partial charge in [0.25, 0.3) is 0 Å². The highest BCUT2D eigenvalue weighted by molar-refractivity contribution is 9.10. The van der Waals surface area contributed by atoms with Gasteiger partial charge in [0, 0.05) is 17.1 Å². The molecule has 0 radical (unpaired) electrons. The van der Waals surface area contributed by atoms with E-state index in [1.807, 2.05) is 12.1 Å². The molecule has 2 fully saturated rings. The molecule has 0 saturated heterocycles. The number of hydrogen-bond acceptors (Lipinski definition) is 2. The number of hydrogen-bond donors (Lipinski definition) is 2. The molecule has 1 aromatic rings. The normalized spacial score (nSPS) is 30.0. The highest BCUT2D eigenvalue weighted by Crippen LogP contribution is 2.47. The van der Waals surface area contributed by atoms with Gasteiger partial charge >= 0.3 is 0 Å². The molecule has 2 aliphatic rings. The third-order valence-electron chi connectivity index (χ3n) is 4.91. The van der Waals surface area contributed by atoms with E-state index in [1.165, 1.54) is 18.4 Å². The molecule has 3 N–H and O–H groups in total. The number of halogens is 2. The molecule has 2 bridgehead atoms. The Balaban J connectivity index is 0.00000161. The van der Waals surface area contributed by atoms with E-state index in [0.29, 0.717) is 18.4 Å². The van der Waals surface area contributed by atoms with Gasteiger partial charge in [0.05, 0.1) is 5.92 Å². The second-order valence-electron chi connectivity index (χ2n) is 6.10. The summed E-state index contributed by atoms with van der Waals surface area (Å²) in [6.45, 7) is 0.696. The van der Waals surface area contributed by atoms with Gasteiger partial charge < -0.3 is 11.1 Å². The van der Waals surface area contributed by atoms with Crippen molar-refractivity contribution < 1.29 is 4.79 Å². The fourth-order valence-electron chi connectivity index (χ4n) is 3.82. The Bertz CT molecular complexity index is 492. The first kappa shape index (κ1) is 16.8. The quantitative estimate of drug-likeness (QED) is 0.852. The lowest BCUT2D eigenvalue weighted by atomic mass is 9.84. The summed E-state index contributed by atoms with van der Waals surface area (Å²) in [7, 11) is 0. The smallest absolute Gasteiger partial charge is 0.224 e. The monoisotopic (exact) mass is 372 g/mol. The predicted octanol–water partition coefficient (Wildman–Crippen LogP) is 2.90. The molecule has 21 heavy (non-hydrogen) atoms. The number of benzene rings is 1. The van der Waals surface area contributed by atoms with Crippen LogP contribution < -0.4 is 11.1 Å². The van der Waals surface area contributed by atoms with E-state index < -0.39 is 0 Å². The second-order valence-corrected chi connectivity index (χ2v) is 7.02. The average molecular weight is 374 g/mol. The first-order valence-electron chi connectivity index (χ1n) is 7.43. The molecule has 1 aromatic carbocycles. The molecular weight excluding hydrogens is 352 g/mol. The Morgan fingerprint density at radius 3 is 2.52 bits per heavy atom. The number of fused-ring (bicyclic) bond motifs is 2. The Labute approximate surface area is 140 Å². The van der Waals surface area contributed by atoms with Gasteiger partial charge in [-0.3, -0.25) is 4.79 Å². The highest BCUT2D eigenvalue weighted by atomic mass is 79.9. The van der Waals surface area contributed by atoms with Crippen molar-refractivity contribution in [3.8, 4) is 0 Å². The number of carbonyl (C=O) groups is 1. The summed E-state index contributed by atoms with van der Waals surface area (Å²) in [5.41, 5.74) is 7.44. The largest absolute Gasteiger partial charge is 0.355 e. The third kappa shape index (κ3) is 3.61. The molecule has 0 aliphatic heterocycles. The average Bonchev–Trinajstić information content (AvgIpc) is 3.01. The SMILES string of the molecule is Cl.NC1C2CCC(C2)C1C(=O)NCCc1ccc(Br)cc1. The molecule has 0 spiro atoms. The highest BCUT2D eigenvalue weighted by Gasteiger charge is 2.48. The van der Waals surface area contributed by atoms with Crippen LogP contribution in [0.4, 0.5) is 0 Å². The van der Waals surface area contributed by atoms with Crippen molar-refractivity contribution in [1.29, 1.82) is 0 Å². The number of amides is 1. The van der Waals surface area contributed by atoms with Crippen LogP contribution in [0.25, 0.3) is 0 Å². The maximum absolute atomic E-state index is 12.3. The van der Waals surface area contributed by atoms with Crippen LogP contribution in [0.2, 0.25) is 0 Å². The van der Waals surface area contributed by atoms with Crippen molar-refractivity contribution in [3.63, 3.8) is 0 Å². The molecule has 0 heterocycles. The van der Waals surface area contributed by atoms with Gasteiger partial charge in [-0.1, -0.05) is 28.1 Å². The van der Waals surface area contributed by atoms with Crippen LogP contribution in [0.1, 0.15) is 24.8 Å². The van der Waals surface area contributed by atoms with Crippen LogP contribution in [0.5, 0.6) is 0 Å².